The third-order valence-corrected chi connectivity index (χ3v) is 5.45. The van der Waals surface area contributed by atoms with Gasteiger partial charge in [0.25, 0.3) is 0 Å². The molecule has 1 aliphatic rings. The topological polar surface area (TPSA) is 58.4 Å². The van der Waals surface area contributed by atoms with Crippen LogP contribution in [0, 0.1) is 0 Å². The minimum atomic E-state index is -4.47. The van der Waals surface area contributed by atoms with Gasteiger partial charge in [-0.3, -0.25) is 4.68 Å². The number of nitrogens with zero attached hydrogens (tertiary/aromatic N) is 3. The Morgan fingerprint density at radius 2 is 2.00 bits per heavy atom. The zero-order valence-corrected chi connectivity index (χ0v) is 16.0. The Morgan fingerprint density at radius 3 is 2.59 bits per heavy atom. The van der Waals surface area contributed by atoms with Crippen molar-refractivity contribution in [3.8, 4) is 0 Å². The van der Waals surface area contributed by atoms with Gasteiger partial charge in [0.1, 0.15) is 5.69 Å². The molecule has 3 rings (SSSR count). The van der Waals surface area contributed by atoms with E-state index in [0.29, 0.717) is 25.9 Å². The van der Waals surface area contributed by atoms with Gasteiger partial charge in [-0.05, 0) is 29.9 Å². The molecule has 1 N–H and O–H groups in total. The van der Waals surface area contributed by atoms with Crippen molar-refractivity contribution in [3.63, 3.8) is 0 Å². The van der Waals surface area contributed by atoms with Crippen molar-refractivity contribution in [2.24, 2.45) is 0 Å². The fourth-order valence-electron chi connectivity index (χ4n) is 3.49. The summed E-state index contributed by atoms with van der Waals surface area (Å²) < 4.78 is 41.1. The first kappa shape index (κ1) is 19.7. The highest BCUT2D eigenvalue weighted by Crippen LogP contribution is 2.34. The van der Waals surface area contributed by atoms with Crippen LogP contribution in [0.2, 0.25) is 0 Å². The summed E-state index contributed by atoms with van der Waals surface area (Å²) in [6.07, 6.45) is -2.73. The van der Waals surface area contributed by atoms with E-state index < -0.39 is 18.0 Å². The van der Waals surface area contributed by atoms with E-state index >= 15 is 0 Å². The lowest BCUT2D eigenvalue weighted by Gasteiger charge is -2.30. The first-order valence-corrected chi connectivity index (χ1v) is 9.66. The van der Waals surface area contributed by atoms with Gasteiger partial charge in [-0.2, -0.15) is 18.3 Å². The van der Waals surface area contributed by atoms with Crippen LogP contribution < -0.4 is 0 Å². The minimum Gasteiger partial charge on any atom is -0.465 e. The third kappa shape index (κ3) is 4.45. The summed E-state index contributed by atoms with van der Waals surface area (Å²) in [4.78, 5) is 12.4. The van der Waals surface area contributed by atoms with E-state index in [1.165, 1.54) is 11.1 Å². The third-order valence-electron chi connectivity index (χ3n) is 4.85. The molecule has 0 atom stereocenters. The molecule has 0 radical (unpaired) electrons. The summed E-state index contributed by atoms with van der Waals surface area (Å²) in [5.74, 6) is 0.207. The molecule has 0 spiro atoms. The minimum absolute atomic E-state index is 0.0314. The predicted molar refractivity (Wildman–Crippen MR) is 97.0 cm³/mol. The van der Waals surface area contributed by atoms with Crippen LogP contribution in [-0.4, -0.2) is 39.0 Å². The van der Waals surface area contributed by atoms with E-state index in [1.54, 1.807) is 6.07 Å². The molecule has 1 saturated heterocycles. The van der Waals surface area contributed by atoms with Gasteiger partial charge in [0.2, 0.25) is 0 Å². The van der Waals surface area contributed by atoms with Crippen LogP contribution in [0.1, 0.15) is 41.1 Å². The Balaban J connectivity index is 1.78. The quantitative estimate of drug-likeness (QED) is 0.693. The van der Waals surface area contributed by atoms with Crippen molar-refractivity contribution in [2.75, 3.05) is 13.1 Å². The predicted octanol–water partition coefficient (Wildman–Crippen LogP) is 4.70. The molecule has 0 unspecified atom stereocenters. The summed E-state index contributed by atoms with van der Waals surface area (Å²) in [6, 6.07) is 7.46. The molecular weight excluding hydrogens is 427 g/mol. The van der Waals surface area contributed by atoms with Crippen molar-refractivity contribution >= 4 is 22.0 Å². The molecule has 1 aliphatic heterocycles. The van der Waals surface area contributed by atoms with Gasteiger partial charge in [0.05, 0.1) is 12.7 Å². The van der Waals surface area contributed by atoms with Gasteiger partial charge >= 0.3 is 12.3 Å². The molecule has 0 aliphatic carbocycles. The van der Waals surface area contributed by atoms with Crippen molar-refractivity contribution in [1.29, 1.82) is 0 Å². The zero-order chi connectivity index (χ0) is 19.6. The molecule has 0 saturated carbocycles. The van der Waals surface area contributed by atoms with Crippen LogP contribution in [0.5, 0.6) is 0 Å². The molecule has 146 valence electrons. The number of likely N-dealkylation sites (tertiary alicyclic amines) is 1. The molecule has 1 amide bonds. The highest BCUT2D eigenvalue weighted by molar-refractivity contribution is 9.08. The summed E-state index contributed by atoms with van der Waals surface area (Å²) in [5.41, 5.74) is 1.14. The number of piperidine rings is 1. The maximum absolute atomic E-state index is 13.4. The first-order valence-electron chi connectivity index (χ1n) is 8.54. The van der Waals surface area contributed by atoms with Gasteiger partial charge in [0, 0.05) is 24.0 Å². The highest BCUT2D eigenvalue weighted by atomic mass is 79.9. The lowest BCUT2D eigenvalue weighted by molar-refractivity contribution is -0.144. The maximum atomic E-state index is 13.4. The number of hydrogen-bond acceptors (Lipinski definition) is 2. The molecule has 1 aromatic carbocycles. The van der Waals surface area contributed by atoms with Crippen molar-refractivity contribution in [2.45, 2.75) is 36.8 Å². The van der Waals surface area contributed by atoms with E-state index in [0.717, 1.165) is 15.8 Å². The van der Waals surface area contributed by atoms with Gasteiger partial charge in [-0.1, -0.05) is 40.2 Å². The lowest BCUT2D eigenvalue weighted by atomic mass is 9.89. The molecule has 2 heterocycles. The summed E-state index contributed by atoms with van der Waals surface area (Å²) in [7, 11) is 0. The number of carboxylic acid groups (broad SMARTS) is 1. The van der Waals surface area contributed by atoms with Crippen LogP contribution >= 0.6 is 15.9 Å². The van der Waals surface area contributed by atoms with Crippen LogP contribution in [0.3, 0.4) is 0 Å². The molecule has 5 nitrogen and oxygen atoms in total. The summed E-state index contributed by atoms with van der Waals surface area (Å²) in [6.45, 7) is 0.968. The molecule has 9 heteroatoms. The zero-order valence-electron chi connectivity index (χ0n) is 14.4. The van der Waals surface area contributed by atoms with E-state index in [9.17, 15) is 18.0 Å². The van der Waals surface area contributed by atoms with Crippen LogP contribution in [0.4, 0.5) is 18.0 Å². The van der Waals surface area contributed by atoms with E-state index in [2.05, 4.69) is 21.0 Å². The second kappa shape index (κ2) is 7.92. The molecule has 1 aromatic heterocycles. The van der Waals surface area contributed by atoms with Crippen LogP contribution in [0.15, 0.2) is 30.5 Å². The number of alkyl halides is 4. The average Bonchev–Trinajstić information content (AvgIpc) is 3.05. The largest absolute Gasteiger partial charge is 0.465 e. The number of halogens is 4. The van der Waals surface area contributed by atoms with E-state index in [4.69, 9.17) is 5.11 Å². The van der Waals surface area contributed by atoms with Crippen molar-refractivity contribution in [1.82, 2.24) is 14.7 Å². The summed E-state index contributed by atoms with van der Waals surface area (Å²) >= 11 is 3.08. The van der Waals surface area contributed by atoms with Crippen molar-refractivity contribution < 1.29 is 23.1 Å². The fourth-order valence-corrected chi connectivity index (χ4v) is 3.90. The molecular formula is C18H19BrF3N3O2. The smallest absolute Gasteiger partial charge is 0.433 e. The molecule has 2 aromatic rings. The standard InChI is InChI=1S/C18H19BrF3N3O2/c19-9-15-10-23-25(16(15)18(20,21)22)11-12-2-1-3-14(8-12)13-4-6-24(7-5-13)17(26)27/h1-3,8,10,13H,4-7,9,11H2,(H,26,27). The SMILES string of the molecule is O=C(O)N1CCC(c2cccc(Cn3ncc(CBr)c3C(F)(F)F)c2)CC1. The Labute approximate surface area is 162 Å². The van der Waals surface area contributed by atoms with Crippen LogP contribution in [0.25, 0.3) is 0 Å². The number of rotatable bonds is 4. The van der Waals surface area contributed by atoms with E-state index in [1.807, 2.05) is 18.2 Å². The Hall–Kier alpha value is -2.03. The monoisotopic (exact) mass is 445 g/mol. The second-order valence-electron chi connectivity index (χ2n) is 6.60. The van der Waals surface area contributed by atoms with E-state index in [-0.39, 0.29) is 23.4 Å². The Kier molecular flexibility index (Phi) is 5.78. The number of aromatic nitrogens is 2. The highest BCUT2D eigenvalue weighted by Gasteiger charge is 2.37. The Bertz CT molecular complexity index is 814. The second-order valence-corrected chi connectivity index (χ2v) is 7.16. The number of hydrogen-bond donors (Lipinski definition) is 1. The number of benzene rings is 1. The Morgan fingerprint density at radius 1 is 1.30 bits per heavy atom. The van der Waals surface area contributed by atoms with Crippen molar-refractivity contribution in [3.05, 3.63) is 52.8 Å². The summed E-state index contributed by atoms with van der Waals surface area (Å²) in [5, 5.41) is 13.0. The number of carbonyl (C=O) groups is 1. The van der Waals surface area contributed by atoms with Gasteiger partial charge < -0.3 is 10.0 Å². The first-order chi connectivity index (χ1) is 12.8. The van der Waals surface area contributed by atoms with Gasteiger partial charge in [0.15, 0.2) is 0 Å². The normalized spacial score (nSPS) is 15.9. The number of amides is 1. The molecule has 27 heavy (non-hydrogen) atoms. The molecule has 0 bridgehead atoms. The lowest BCUT2D eigenvalue weighted by Crippen LogP contribution is -2.36. The molecule has 1 fully saturated rings. The van der Waals surface area contributed by atoms with Crippen LogP contribution in [-0.2, 0) is 18.1 Å². The average molecular weight is 446 g/mol. The van der Waals surface area contributed by atoms with Gasteiger partial charge in [-0.25, -0.2) is 4.79 Å². The fraction of sp³-hybridized carbons (Fsp3) is 0.444. The maximum Gasteiger partial charge on any atom is 0.433 e. The van der Waals surface area contributed by atoms with Gasteiger partial charge in [-0.15, -0.1) is 0 Å².